The zero-order chi connectivity index (χ0) is 13.8. The monoisotopic (exact) mass is 258 g/mol. The molecule has 100 valence electrons. The van der Waals surface area contributed by atoms with E-state index in [0.29, 0.717) is 6.54 Å². The summed E-state index contributed by atoms with van der Waals surface area (Å²) in [5.41, 5.74) is 2.03. The Labute approximate surface area is 113 Å². The molecule has 4 heteroatoms. The van der Waals surface area contributed by atoms with Crippen molar-refractivity contribution in [3.05, 3.63) is 36.5 Å². The molecule has 1 atom stereocenters. The third kappa shape index (κ3) is 2.84. The molecular formula is C15H18N2O2. The Morgan fingerprint density at radius 2 is 2.11 bits per heavy atom. The average Bonchev–Trinajstić information content (AvgIpc) is 2.45. The van der Waals surface area contributed by atoms with E-state index < -0.39 is 0 Å². The van der Waals surface area contributed by atoms with Crippen molar-refractivity contribution in [3.8, 4) is 0 Å². The summed E-state index contributed by atoms with van der Waals surface area (Å²) in [5.74, 6) is -0.355. The molecule has 2 aromatic rings. The predicted molar refractivity (Wildman–Crippen MR) is 76.2 cm³/mol. The molecule has 0 saturated heterocycles. The van der Waals surface area contributed by atoms with Gasteiger partial charge in [-0.25, -0.2) is 0 Å². The number of hydrogen-bond donors (Lipinski definition) is 0. The lowest BCUT2D eigenvalue weighted by Gasteiger charge is -2.23. The van der Waals surface area contributed by atoms with E-state index in [1.165, 1.54) is 7.11 Å². The normalized spacial score (nSPS) is 12.2. The second-order valence-corrected chi connectivity index (χ2v) is 4.65. The van der Waals surface area contributed by atoms with E-state index in [1.54, 1.807) is 6.20 Å². The maximum Gasteiger partial charge on any atom is 0.310 e. The van der Waals surface area contributed by atoms with Crippen molar-refractivity contribution in [3.63, 3.8) is 0 Å². The standard InChI is InChI=1S/C15H18N2O2/c1-11(15(18)19-3)10-17(2)14-8-9-16-13-7-5-4-6-12(13)14/h4-9,11H,10H2,1-3H3. The van der Waals surface area contributed by atoms with Crippen molar-refractivity contribution in [1.29, 1.82) is 0 Å². The number of anilines is 1. The summed E-state index contributed by atoms with van der Waals surface area (Å²) in [7, 11) is 3.39. The van der Waals surface area contributed by atoms with Crippen molar-refractivity contribution in [1.82, 2.24) is 4.98 Å². The quantitative estimate of drug-likeness (QED) is 0.790. The highest BCUT2D eigenvalue weighted by molar-refractivity contribution is 5.91. The second kappa shape index (κ2) is 5.69. The molecule has 19 heavy (non-hydrogen) atoms. The molecule has 0 aliphatic rings. The number of benzene rings is 1. The van der Waals surface area contributed by atoms with Gasteiger partial charge in [-0.1, -0.05) is 25.1 Å². The molecule has 0 bridgehead atoms. The fourth-order valence-corrected chi connectivity index (χ4v) is 2.20. The predicted octanol–water partition coefficient (Wildman–Crippen LogP) is 2.48. The minimum atomic E-state index is -0.190. The molecule has 0 fully saturated rings. The van der Waals surface area contributed by atoms with Crippen LogP contribution in [0.1, 0.15) is 6.92 Å². The van der Waals surface area contributed by atoms with Gasteiger partial charge in [0.15, 0.2) is 0 Å². The van der Waals surface area contributed by atoms with Crippen LogP contribution in [0.5, 0.6) is 0 Å². The molecular weight excluding hydrogens is 240 g/mol. The summed E-state index contributed by atoms with van der Waals surface area (Å²) < 4.78 is 4.76. The molecule has 0 N–H and O–H groups in total. The van der Waals surface area contributed by atoms with E-state index in [4.69, 9.17) is 4.74 Å². The summed E-state index contributed by atoms with van der Waals surface area (Å²) in [5, 5.41) is 1.09. The molecule has 0 amide bonds. The maximum absolute atomic E-state index is 11.5. The van der Waals surface area contributed by atoms with E-state index in [0.717, 1.165) is 16.6 Å². The summed E-state index contributed by atoms with van der Waals surface area (Å²) in [6.45, 7) is 2.48. The first kappa shape index (κ1) is 13.3. The zero-order valence-corrected chi connectivity index (χ0v) is 11.5. The van der Waals surface area contributed by atoms with Gasteiger partial charge in [0.05, 0.1) is 18.5 Å². The molecule has 0 aliphatic heterocycles. The topological polar surface area (TPSA) is 42.4 Å². The fourth-order valence-electron chi connectivity index (χ4n) is 2.20. The van der Waals surface area contributed by atoms with Crippen LogP contribution in [0.15, 0.2) is 36.5 Å². The molecule has 0 radical (unpaired) electrons. The minimum absolute atomic E-state index is 0.165. The van der Waals surface area contributed by atoms with Crippen molar-refractivity contribution in [2.75, 3.05) is 25.6 Å². The molecule has 0 spiro atoms. The molecule has 1 heterocycles. The number of fused-ring (bicyclic) bond motifs is 1. The largest absolute Gasteiger partial charge is 0.469 e. The maximum atomic E-state index is 11.5. The summed E-state index contributed by atoms with van der Waals surface area (Å²) >= 11 is 0. The number of rotatable bonds is 4. The van der Waals surface area contributed by atoms with E-state index in [-0.39, 0.29) is 11.9 Å². The first-order valence-electron chi connectivity index (χ1n) is 6.26. The molecule has 2 rings (SSSR count). The van der Waals surface area contributed by atoms with Gasteiger partial charge in [0.25, 0.3) is 0 Å². The van der Waals surface area contributed by atoms with E-state index in [2.05, 4.69) is 9.88 Å². The third-order valence-electron chi connectivity index (χ3n) is 3.19. The third-order valence-corrected chi connectivity index (χ3v) is 3.19. The second-order valence-electron chi connectivity index (χ2n) is 4.65. The number of pyridine rings is 1. The van der Waals surface area contributed by atoms with Crippen LogP contribution in [-0.4, -0.2) is 31.7 Å². The van der Waals surface area contributed by atoms with Crippen LogP contribution in [0, 0.1) is 5.92 Å². The van der Waals surface area contributed by atoms with Gasteiger partial charge in [0, 0.05) is 30.9 Å². The van der Waals surface area contributed by atoms with Gasteiger partial charge in [-0.3, -0.25) is 9.78 Å². The first-order chi connectivity index (χ1) is 9.13. The highest BCUT2D eigenvalue weighted by Crippen LogP contribution is 2.24. The minimum Gasteiger partial charge on any atom is -0.469 e. The number of esters is 1. The zero-order valence-electron chi connectivity index (χ0n) is 11.5. The van der Waals surface area contributed by atoms with Crippen LogP contribution in [0.3, 0.4) is 0 Å². The number of para-hydroxylation sites is 1. The Morgan fingerprint density at radius 1 is 1.37 bits per heavy atom. The van der Waals surface area contributed by atoms with Gasteiger partial charge in [-0.15, -0.1) is 0 Å². The number of hydrogen-bond acceptors (Lipinski definition) is 4. The summed E-state index contributed by atoms with van der Waals surface area (Å²) in [4.78, 5) is 17.9. The van der Waals surface area contributed by atoms with Crippen molar-refractivity contribution in [2.45, 2.75) is 6.92 Å². The van der Waals surface area contributed by atoms with Crippen molar-refractivity contribution < 1.29 is 9.53 Å². The number of carbonyl (C=O) groups excluding carboxylic acids is 1. The fraction of sp³-hybridized carbons (Fsp3) is 0.333. The molecule has 1 aromatic heterocycles. The highest BCUT2D eigenvalue weighted by Gasteiger charge is 2.16. The smallest absolute Gasteiger partial charge is 0.310 e. The lowest BCUT2D eigenvalue weighted by molar-refractivity contribution is -0.144. The number of aromatic nitrogens is 1. The van der Waals surface area contributed by atoms with Gasteiger partial charge < -0.3 is 9.64 Å². The van der Waals surface area contributed by atoms with Crippen LogP contribution < -0.4 is 4.90 Å². The van der Waals surface area contributed by atoms with E-state index in [9.17, 15) is 4.79 Å². The summed E-state index contributed by atoms with van der Waals surface area (Å²) in [6.07, 6.45) is 1.79. The van der Waals surface area contributed by atoms with Gasteiger partial charge in [0.2, 0.25) is 0 Å². The Balaban J connectivity index is 2.26. The van der Waals surface area contributed by atoms with E-state index in [1.807, 2.05) is 44.3 Å². The lowest BCUT2D eigenvalue weighted by atomic mass is 10.1. The lowest BCUT2D eigenvalue weighted by Crippen LogP contribution is -2.29. The Bertz CT molecular complexity index is 578. The van der Waals surface area contributed by atoms with Crippen LogP contribution in [0.25, 0.3) is 10.9 Å². The van der Waals surface area contributed by atoms with Crippen LogP contribution in [0.4, 0.5) is 5.69 Å². The van der Waals surface area contributed by atoms with Gasteiger partial charge >= 0.3 is 5.97 Å². The highest BCUT2D eigenvalue weighted by atomic mass is 16.5. The number of nitrogens with zero attached hydrogens (tertiary/aromatic N) is 2. The SMILES string of the molecule is COC(=O)C(C)CN(C)c1ccnc2ccccc12. The number of methoxy groups -OCH3 is 1. The summed E-state index contributed by atoms with van der Waals surface area (Å²) in [6, 6.07) is 9.95. The van der Waals surface area contributed by atoms with Gasteiger partial charge in [0.1, 0.15) is 0 Å². The van der Waals surface area contributed by atoms with Crippen molar-refractivity contribution in [2.24, 2.45) is 5.92 Å². The van der Waals surface area contributed by atoms with Crippen LogP contribution in [-0.2, 0) is 9.53 Å². The molecule has 1 aromatic carbocycles. The van der Waals surface area contributed by atoms with Crippen molar-refractivity contribution >= 4 is 22.6 Å². The number of carbonyl (C=O) groups is 1. The Hall–Kier alpha value is -2.10. The molecule has 0 aliphatic carbocycles. The molecule has 4 nitrogen and oxygen atoms in total. The molecule has 1 unspecified atom stereocenters. The Morgan fingerprint density at radius 3 is 2.84 bits per heavy atom. The molecule has 0 saturated carbocycles. The Kier molecular flexibility index (Phi) is 4.00. The van der Waals surface area contributed by atoms with Gasteiger partial charge in [-0.05, 0) is 12.1 Å². The van der Waals surface area contributed by atoms with Gasteiger partial charge in [-0.2, -0.15) is 0 Å². The average molecular weight is 258 g/mol. The first-order valence-corrected chi connectivity index (χ1v) is 6.26. The van der Waals surface area contributed by atoms with Crippen LogP contribution in [0.2, 0.25) is 0 Å². The number of ether oxygens (including phenoxy) is 1. The van der Waals surface area contributed by atoms with Crippen LogP contribution >= 0.6 is 0 Å². The van der Waals surface area contributed by atoms with E-state index >= 15 is 0 Å².